The highest BCUT2D eigenvalue weighted by Crippen LogP contribution is 2.14. The Morgan fingerprint density at radius 3 is 3.00 bits per heavy atom. The molecule has 1 fully saturated rings. The van der Waals surface area contributed by atoms with Crippen molar-refractivity contribution in [1.29, 1.82) is 0 Å². The summed E-state index contributed by atoms with van der Waals surface area (Å²) in [6.07, 6.45) is 1.49. The summed E-state index contributed by atoms with van der Waals surface area (Å²) < 4.78 is 5.30. The van der Waals surface area contributed by atoms with E-state index in [-0.39, 0.29) is 11.7 Å². The van der Waals surface area contributed by atoms with Crippen LogP contribution in [0.4, 0.5) is 5.69 Å². The van der Waals surface area contributed by atoms with Crippen LogP contribution in [-0.2, 0) is 4.74 Å². The minimum Gasteiger partial charge on any atom is -0.476 e. The minimum absolute atomic E-state index is 0.0660. The molecule has 1 aliphatic heterocycles. The van der Waals surface area contributed by atoms with Crippen molar-refractivity contribution >= 4 is 11.7 Å². The van der Waals surface area contributed by atoms with Crippen LogP contribution in [0.15, 0.2) is 18.3 Å². The minimum atomic E-state index is -1.01. The molecule has 1 aromatic heterocycles. The molecular formula is C13H19N3O3. The summed E-state index contributed by atoms with van der Waals surface area (Å²) in [5, 5.41) is 12.3. The maximum atomic E-state index is 11.1. The van der Waals surface area contributed by atoms with Gasteiger partial charge in [-0.2, -0.15) is 0 Å². The molecule has 1 saturated heterocycles. The van der Waals surface area contributed by atoms with Crippen LogP contribution in [0.1, 0.15) is 17.4 Å². The molecule has 6 nitrogen and oxygen atoms in total. The lowest BCUT2D eigenvalue weighted by Gasteiger charge is -2.29. The first-order valence-electron chi connectivity index (χ1n) is 6.42. The zero-order valence-electron chi connectivity index (χ0n) is 11.0. The third-order valence-corrected chi connectivity index (χ3v) is 3.05. The molecule has 2 N–H and O–H groups in total. The van der Waals surface area contributed by atoms with Crippen LogP contribution < -0.4 is 5.32 Å². The lowest BCUT2D eigenvalue weighted by molar-refractivity contribution is 0.0368. The highest BCUT2D eigenvalue weighted by atomic mass is 16.5. The number of carboxylic acid groups (broad SMARTS) is 1. The van der Waals surface area contributed by atoms with E-state index in [9.17, 15) is 4.79 Å². The molecular weight excluding hydrogens is 246 g/mol. The Hall–Kier alpha value is -1.66. The summed E-state index contributed by atoms with van der Waals surface area (Å²) in [4.78, 5) is 17.2. The largest absolute Gasteiger partial charge is 0.476 e. The monoisotopic (exact) mass is 265 g/mol. The van der Waals surface area contributed by atoms with Crippen molar-refractivity contribution in [2.45, 2.75) is 13.0 Å². The molecule has 0 aromatic carbocycles. The van der Waals surface area contributed by atoms with Gasteiger partial charge in [-0.05, 0) is 19.1 Å². The SMILES string of the molecule is CC(CN1CCOCC1)Nc1cccnc1C(=O)O. The molecule has 0 aliphatic carbocycles. The van der Waals surface area contributed by atoms with Crippen molar-refractivity contribution in [2.24, 2.45) is 0 Å². The lowest BCUT2D eigenvalue weighted by atomic mass is 10.2. The molecule has 104 valence electrons. The Morgan fingerprint density at radius 1 is 1.58 bits per heavy atom. The topological polar surface area (TPSA) is 74.7 Å². The smallest absolute Gasteiger partial charge is 0.356 e. The molecule has 6 heteroatoms. The number of hydrogen-bond donors (Lipinski definition) is 2. The highest BCUT2D eigenvalue weighted by molar-refractivity contribution is 5.91. The Morgan fingerprint density at radius 2 is 2.32 bits per heavy atom. The predicted molar refractivity (Wildman–Crippen MR) is 71.5 cm³/mol. The van der Waals surface area contributed by atoms with E-state index in [0.717, 1.165) is 32.8 Å². The number of hydrogen-bond acceptors (Lipinski definition) is 5. The van der Waals surface area contributed by atoms with Crippen molar-refractivity contribution < 1.29 is 14.6 Å². The third kappa shape index (κ3) is 3.90. The standard InChI is InChI=1S/C13H19N3O3/c1-10(9-16-5-7-19-8-6-16)15-11-3-2-4-14-12(11)13(17)18/h2-4,10,15H,5-9H2,1H3,(H,17,18). The molecule has 0 saturated carbocycles. The van der Waals surface area contributed by atoms with Crippen LogP contribution >= 0.6 is 0 Å². The average molecular weight is 265 g/mol. The van der Waals surface area contributed by atoms with Crippen LogP contribution in [-0.4, -0.2) is 59.8 Å². The molecule has 0 radical (unpaired) electrons. The summed E-state index contributed by atoms with van der Waals surface area (Å²) in [5.74, 6) is -1.01. The van der Waals surface area contributed by atoms with E-state index in [4.69, 9.17) is 9.84 Å². The molecule has 1 unspecified atom stereocenters. The van der Waals surface area contributed by atoms with Gasteiger partial charge in [0.05, 0.1) is 18.9 Å². The fourth-order valence-electron chi connectivity index (χ4n) is 2.17. The van der Waals surface area contributed by atoms with Gasteiger partial charge in [0.25, 0.3) is 0 Å². The maximum Gasteiger partial charge on any atom is 0.356 e. The fourth-order valence-corrected chi connectivity index (χ4v) is 2.17. The van der Waals surface area contributed by atoms with E-state index in [0.29, 0.717) is 5.69 Å². The van der Waals surface area contributed by atoms with Crippen LogP contribution in [0.2, 0.25) is 0 Å². The molecule has 1 atom stereocenters. The number of morpholine rings is 1. The third-order valence-electron chi connectivity index (χ3n) is 3.05. The number of nitrogens with zero attached hydrogens (tertiary/aromatic N) is 2. The van der Waals surface area contributed by atoms with Crippen LogP contribution in [0.25, 0.3) is 0 Å². The Kier molecular flexibility index (Phi) is 4.70. The van der Waals surface area contributed by atoms with Gasteiger partial charge in [0.15, 0.2) is 5.69 Å². The number of pyridine rings is 1. The zero-order valence-corrected chi connectivity index (χ0v) is 11.0. The van der Waals surface area contributed by atoms with Crippen molar-refractivity contribution in [3.63, 3.8) is 0 Å². The first-order valence-corrected chi connectivity index (χ1v) is 6.42. The number of carbonyl (C=O) groups is 1. The molecule has 1 aliphatic rings. The van der Waals surface area contributed by atoms with Crippen LogP contribution in [0.3, 0.4) is 0 Å². The number of nitrogens with one attached hydrogen (secondary N) is 1. The van der Waals surface area contributed by atoms with Crippen LogP contribution in [0.5, 0.6) is 0 Å². The molecule has 0 bridgehead atoms. The molecule has 19 heavy (non-hydrogen) atoms. The quantitative estimate of drug-likeness (QED) is 0.824. The van der Waals surface area contributed by atoms with Gasteiger partial charge < -0.3 is 15.2 Å². The van der Waals surface area contributed by atoms with Crippen molar-refractivity contribution in [3.05, 3.63) is 24.0 Å². The van der Waals surface area contributed by atoms with E-state index >= 15 is 0 Å². The lowest BCUT2D eigenvalue weighted by Crippen LogP contribution is -2.42. The van der Waals surface area contributed by atoms with E-state index in [2.05, 4.69) is 15.2 Å². The number of carboxylic acids is 1. The number of anilines is 1. The highest BCUT2D eigenvalue weighted by Gasteiger charge is 2.16. The van der Waals surface area contributed by atoms with Gasteiger partial charge in [0.2, 0.25) is 0 Å². The van der Waals surface area contributed by atoms with Gasteiger partial charge in [0, 0.05) is 31.9 Å². The number of ether oxygens (including phenoxy) is 1. The van der Waals surface area contributed by atoms with Crippen molar-refractivity contribution in [2.75, 3.05) is 38.2 Å². The number of rotatable bonds is 5. The Balaban J connectivity index is 1.94. The second-order valence-electron chi connectivity index (χ2n) is 4.66. The Labute approximate surface area is 112 Å². The molecule has 0 spiro atoms. The van der Waals surface area contributed by atoms with E-state index in [1.807, 2.05) is 6.92 Å². The maximum absolute atomic E-state index is 11.1. The second kappa shape index (κ2) is 6.49. The summed E-state index contributed by atoms with van der Waals surface area (Å²) in [5.41, 5.74) is 0.632. The van der Waals surface area contributed by atoms with Gasteiger partial charge in [-0.25, -0.2) is 9.78 Å². The van der Waals surface area contributed by atoms with Gasteiger partial charge in [-0.1, -0.05) is 0 Å². The molecule has 1 aromatic rings. The summed E-state index contributed by atoms with van der Waals surface area (Å²) >= 11 is 0. The van der Waals surface area contributed by atoms with E-state index in [1.165, 1.54) is 6.20 Å². The van der Waals surface area contributed by atoms with Crippen molar-refractivity contribution in [1.82, 2.24) is 9.88 Å². The number of aromatic nitrogens is 1. The summed E-state index contributed by atoms with van der Waals surface area (Å²) in [6, 6.07) is 3.63. The van der Waals surface area contributed by atoms with Gasteiger partial charge in [-0.3, -0.25) is 4.90 Å². The van der Waals surface area contributed by atoms with Crippen LogP contribution in [0, 0.1) is 0 Å². The fraction of sp³-hybridized carbons (Fsp3) is 0.538. The van der Waals surface area contributed by atoms with Gasteiger partial charge in [0.1, 0.15) is 0 Å². The predicted octanol–water partition coefficient (Wildman–Crippen LogP) is 0.912. The summed E-state index contributed by atoms with van der Waals surface area (Å²) in [7, 11) is 0. The first kappa shape index (κ1) is 13.8. The number of aromatic carboxylic acids is 1. The molecule has 2 heterocycles. The van der Waals surface area contributed by atoms with E-state index in [1.54, 1.807) is 12.1 Å². The molecule has 2 rings (SSSR count). The molecule has 0 amide bonds. The van der Waals surface area contributed by atoms with Crippen molar-refractivity contribution in [3.8, 4) is 0 Å². The first-order chi connectivity index (χ1) is 9.16. The van der Waals surface area contributed by atoms with E-state index < -0.39 is 5.97 Å². The average Bonchev–Trinajstić information content (AvgIpc) is 2.40. The normalized spacial score (nSPS) is 17.9. The zero-order chi connectivity index (χ0) is 13.7. The second-order valence-corrected chi connectivity index (χ2v) is 4.66. The van der Waals surface area contributed by atoms with Gasteiger partial charge >= 0.3 is 5.97 Å². The Bertz CT molecular complexity index is 433. The summed E-state index contributed by atoms with van der Waals surface area (Å²) in [6.45, 7) is 6.26. The van der Waals surface area contributed by atoms with Gasteiger partial charge in [-0.15, -0.1) is 0 Å².